The molecule has 24 heavy (non-hydrogen) atoms. The van der Waals surface area contributed by atoms with Crippen LogP contribution < -0.4 is 10.6 Å². The molecule has 1 aliphatic rings. The maximum atomic E-state index is 13.1. The summed E-state index contributed by atoms with van der Waals surface area (Å²) in [5.74, 6) is -0.653. The Kier molecular flexibility index (Phi) is 6.24. The highest BCUT2D eigenvalue weighted by Crippen LogP contribution is 2.08. The Balaban J connectivity index is 0.00000208. The van der Waals surface area contributed by atoms with E-state index in [-0.39, 0.29) is 35.7 Å². The number of carbonyl (C=O) groups is 1. The van der Waals surface area contributed by atoms with Crippen molar-refractivity contribution in [2.75, 3.05) is 19.6 Å². The van der Waals surface area contributed by atoms with Gasteiger partial charge in [-0.25, -0.2) is 9.07 Å². The molecule has 130 valence electrons. The van der Waals surface area contributed by atoms with Crippen LogP contribution in [0, 0.1) is 11.7 Å². The van der Waals surface area contributed by atoms with Crippen LogP contribution in [0.4, 0.5) is 4.39 Å². The van der Waals surface area contributed by atoms with Gasteiger partial charge in [0.05, 0.1) is 18.8 Å². The van der Waals surface area contributed by atoms with Crippen molar-refractivity contribution < 1.29 is 14.3 Å². The Morgan fingerprint density at radius 2 is 2.29 bits per heavy atom. The van der Waals surface area contributed by atoms with Gasteiger partial charge in [-0.3, -0.25) is 4.79 Å². The summed E-state index contributed by atoms with van der Waals surface area (Å²) < 4.78 is 14.6. The number of halogens is 2. The fraction of sp³-hybridized carbons (Fsp3) is 0.400. The number of benzene rings is 1. The smallest absolute Gasteiger partial charge is 0.273 e. The van der Waals surface area contributed by atoms with E-state index in [2.05, 4.69) is 20.9 Å². The van der Waals surface area contributed by atoms with Gasteiger partial charge in [-0.15, -0.1) is 17.5 Å². The van der Waals surface area contributed by atoms with Crippen LogP contribution in [0.15, 0.2) is 30.5 Å². The first kappa shape index (κ1) is 18.3. The van der Waals surface area contributed by atoms with E-state index in [1.807, 2.05) is 0 Å². The first-order valence-electron chi connectivity index (χ1n) is 7.43. The second-order valence-corrected chi connectivity index (χ2v) is 5.63. The summed E-state index contributed by atoms with van der Waals surface area (Å²) in [6.45, 7) is 1.94. The Labute approximate surface area is 144 Å². The van der Waals surface area contributed by atoms with Gasteiger partial charge < -0.3 is 15.7 Å². The predicted octanol–water partition coefficient (Wildman–Crippen LogP) is 0.197. The predicted molar refractivity (Wildman–Crippen MR) is 87.5 cm³/mol. The Morgan fingerprint density at radius 3 is 3.00 bits per heavy atom. The number of aliphatic hydroxyl groups excluding tert-OH is 1. The van der Waals surface area contributed by atoms with Crippen molar-refractivity contribution in [2.24, 2.45) is 5.92 Å². The van der Waals surface area contributed by atoms with E-state index >= 15 is 0 Å². The minimum absolute atomic E-state index is 0. The molecule has 3 N–H and O–H groups in total. The van der Waals surface area contributed by atoms with Gasteiger partial charge in [0.15, 0.2) is 5.69 Å². The molecule has 1 fully saturated rings. The Bertz CT molecular complexity index is 696. The van der Waals surface area contributed by atoms with Crippen LogP contribution in [-0.4, -0.2) is 51.7 Å². The fourth-order valence-corrected chi connectivity index (χ4v) is 2.54. The van der Waals surface area contributed by atoms with Gasteiger partial charge in [0.2, 0.25) is 0 Å². The summed E-state index contributed by atoms with van der Waals surface area (Å²) in [5, 5.41) is 23.2. The van der Waals surface area contributed by atoms with Crippen molar-refractivity contribution >= 4 is 18.3 Å². The molecular weight excluding hydrogens is 337 g/mol. The van der Waals surface area contributed by atoms with Crippen LogP contribution in [0.25, 0.3) is 0 Å². The lowest BCUT2D eigenvalue weighted by Crippen LogP contribution is -2.34. The van der Waals surface area contributed by atoms with Gasteiger partial charge in [-0.2, -0.15) is 0 Å². The van der Waals surface area contributed by atoms with Gasteiger partial charge >= 0.3 is 0 Å². The summed E-state index contributed by atoms with van der Waals surface area (Å²) in [6.07, 6.45) is 1.07. The number of aromatic nitrogens is 3. The topological polar surface area (TPSA) is 92.1 Å². The van der Waals surface area contributed by atoms with Gasteiger partial charge in [0.25, 0.3) is 5.91 Å². The minimum atomic E-state index is -0.445. The van der Waals surface area contributed by atoms with Crippen LogP contribution >= 0.6 is 12.4 Å². The molecular formula is C15H19ClFN5O2. The number of carbonyl (C=O) groups excluding carboxylic acids is 1. The molecule has 0 spiro atoms. The average molecular weight is 356 g/mol. The monoisotopic (exact) mass is 355 g/mol. The van der Waals surface area contributed by atoms with E-state index in [1.165, 1.54) is 23.0 Å². The third-order valence-electron chi connectivity index (χ3n) is 3.83. The van der Waals surface area contributed by atoms with Crippen LogP contribution in [0.5, 0.6) is 0 Å². The number of nitrogens with zero attached hydrogens (tertiary/aromatic N) is 3. The molecule has 2 aromatic rings. The van der Waals surface area contributed by atoms with Crippen LogP contribution in [0.2, 0.25) is 0 Å². The third-order valence-corrected chi connectivity index (χ3v) is 3.83. The van der Waals surface area contributed by atoms with Gasteiger partial charge in [-0.05, 0) is 17.7 Å². The van der Waals surface area contributed by atoms with Crippen molar-refractivity contribution in [1.29, 1.82) is 0 Å². The highest BCUT2D eigenvalue weighted by Gasteiger charge is 2.25. The quantitative estimate of drug-likeness (QED) is 0.712. The fourth-order valence-electron chi connectivity index (χ4n) is 2.54. The summed E-state index contributed by atoms with van der Waals surface area (Å²) in [6, 6.07) is 6.18. The van der Waals surface area contributed by atoms with Crippen LogP contribution in [0.3, 0.4) is 0 Å². The van der Waals surface area contributed by atoms with Crippen molar-refractivity contribution in [1.82, 2.24) is 25.6 Å². The number of aliphatic hydroxyl groups is 1. The zero-order chi connectivity index (χ0) is 16.2. The molecule has 7 nitrogen and oxygen atoms in total. The molecule has 1 aromatic carbocycles. The molecule has 2 atom stereocenters. The second-order valence-electron chi connectivity index (χ2n) is 5.63. The summed E-state index contributed by atoms with van der Waals surface area (Å²) >= 11 is 0. The number of β-amino-alcohol motifs (C(OH)–C–C–N with tert-alkyl or cyclic N) is 1. The SMILES string of the molecule is Cl.O=C(NCC1CNCC1O)c1cn(Cc2cccc(F)c2)nn1. The molecule has 1 amide bonds. The lowest BCUT2D eigenvalue weighted by Gasteiger charge is -2.13. The summed E-state index contributed by atoms with van der Waals surface area (Å²) in [4.78, 5) is 12.0. The maximum Gasteiger partial charge on any atom is 0.273 e. The summed E-state index contributed by atoms with van der Waals surface area (Å²) in [5.41, 5.74) is 0.934. The largest absolute Gasteiger partial charge is 0.391 e. The standard InChI is InChI=1S/C15H18FN5O2.ClH/c16-12-3-1-2-10(4-12)8-21-9-13(19-20-21)15(23)18-6-11-5-17-7-14(11)22;/h1-4,9,11,14,17,22H,5-8H2,(H,18,23);1H. The number of amides is 1. The third kappa shape index (κ3) is 4.50. The van der Waals surface area contributed by atoms with E-state index in [9.17, 15) is 14.3 Å². The maximum absolute atomic E-state index is 13.1. The number of rotatable bonds is 5. The Morgan fingerprint density at radius 1 is 1.46 bits per heavy atom. The highest BCUT2D eigenvalue weighted by molar-refractivity contribution is 5.91. The average Bonchev–Trinajstić information content (AvgIpc) is 3.14. The molecule has 1 aliphatic heterocycles. The molecule has 9 heteroatoms. The Hall–Kier alpha value is -2.03. The normalized spacial score (nSPS) is 19.8. The first-order valence-corrected chi connectivity index (χ1v) is 7.43. The number of hydrogen-bond acceptors (Lipinski definition) is 5. The molecule has 2 unspecified atom stereocenters. The summed E-state index contributed by atoms with van der Waals surface area (Å²) in [7, 11) is 0. The lowest BCUT2D eigenvalue weighted by atomic mass is 10.1. The number of nitrogens with one attached hydrogen (secondary N) is 2. The van der Waals surface area contributed by atoms with E-state index in [4.69, 9.17) is 0 Å². The number of hydrogen-bond donors (Lipinski definition) is 3. The van der Waals surface area contributed by atoms with E-state index < -0.39 is 6.10 Å². The zero-order valence-corrected chi connectivity index (χ0v) is 13.7. The van der Waals surface area contributed by atoms with Gasteiger partial charge in [0.1, 0.15) is 5.82 Å². The molecule has 1 saturated heterocycles. The zero-order valence-electron chi connectivity index (χ0n) is 12.9. The van der Waals surface area contributed by atoms with Gasteiger partial charge in [-0.1, -0.05) is 17.3 Å². The van der Waals surface area contributed by atoms with E-state index in [0.29, 0.717) is 26.2 Å². The van der Waals surface area contributed by atoms with E-state index in [0.717, 1.165) is 5.56 Å². The highest BCUT2D eigenvalue weighted by atomic mass is 35.5. The molecule has 1 aromatic heterocycles. The molecule has 2 heterocycles. The lowest BCUT2D eigenvalue weighted by molar-refractivity contribution is 0.0922. The molecule has 3 rings (SSSR count). The van der Waals surface area contributed by atoms with Gasteiger partial charge in [0, 0.05) is 25.6 Å². The molecule has 0 radical (unpaired) electrons. The second kappa shape index (κ2) is 8.18. The van der Waals surface area contributed by atoms with Crippen molar-refractivity contribution in [3.05, 3.63) is 47.5 Å². The first-order chi connectivity index (χ1) is 11.1. The van der Waals surface area contributed by atoms with Crippen LogP contribution in [-0.2, 0) is 6.54 Å². The minimum Gasteiger partial charge on any atom is -0.391 e. The molecule has 0 bridgehead atoms. The van der Waals surface area contributed by atoms with E-state index in [1.54, 1.807) is 12.1 Å². The molecule has 0 aliphatic carbocycles. The van der Waals surface area contributed by atoms with Crippen molar-refractivity contribution in [3.63, 3.8) is 0 Å². The van der Waals surface area contributed by atoms with Crippen molar-refractivity contribution in [2.45, 2.75) is 12.6 Å². The van der Waals surface area contributed by atoms with Crippen molar-refractivity contribution in [3.8, 4) is 0 Å². The molecule has 0 saturated carbocycles. The van der Waals surface area contributed by atoms with Crippen LogP contribution in [0.1, 0.15) is 16.1 Å².